The van der Waals surface area contributed by atoms with Gasteiger partial charge in [0.05, 0.1) is 0 Å². The number of carbonyl (C=O) groups excluding carboxylic acids is 2. The van der Waals surface area contributed by atoms with Crippen molar-refractivity contribution in [2.75, 3.05) is 18.4 Å². The van der Waals surface area contributed by atoms with Crippen molar-refractivity contribution in [2.24, 2.45) is 0 Å². The first-order chi connectivity index (χ1) is 15.9. The molecule has 7 nitrogen and oxygen atoms in total. The SMILES string of the molecule is CC(C)c1ccc(OCc2nc(C(=O)NCCCNC(=O)Nc3cccc(Cl)c3)cs2)cc1. The van der Waals surface area contributed by atoms with E-state index in [-0.39, 0.29) is 11.9 Å². The molecule has 174 valence electrons. The Morgan fingerprint density at radius 2 is 1.85 bits per heavy atom. The quantitative estimate of drug-likeness (QED) is 0.333. The van der Waals surface area contributed by atoms with Crippen LogP contribution in [0.1, 0.15) is 47.2 Å². The van der Waals surface area contributed by atoms with E-state index in [0.29, 0.717) is 48.4 Å². The topological polar surface area (TPSA) is 92.3 Å². The molecular formula is C24H27ClN4O3S. The summed E-state index contributed by atoms with van der Waals surface area (Å²) >= 11 is 7.28. The number of hydrogen-bond donors (Lipinski definition) is 3. The number of amides is 3. The van der Waals surface area contributed by atoms with Gasteiger partial charge in [0, 0.05) is 29.2 Å². The van der Waals surface area contributed by atoms with Gasteiger partial charge in [-0.3, -0.25) is 4.79 Å². The van der Waals surface area contributed by atoms with E-state index < -0.39 is 0 Å². The molecule has 3 aromatic rings. The minimum atomic E-state index is -0.327. The maximum atomic E-state index is 12.3. The number of aromatic nitrogens is 1. The van der Waals surface area contributed by atoms with Crippen molar-refractivity contribution in [3.05, 3.63) is 75.2 Å². The van der Waals surface area contributed by atoms with E-state index in [1.165, 1.54) is 16.9 Å². The van der Waals surface area contributed by atoms with Crippen LogP contribution in [0.4, 0.5) is 10.5 Å². The van der Waals surface area contributed by atoms with E-state index in [1.54, 1.807) is 29.6 Å². The monoisotopic (exact) mass is 486 g/mol. The van der Waals surface area contributed by atoms with E-state index in [1.807, 2.05) is 12.1 Å². The van der Waals surface area contributed by atoms with Crippen molar-refractivity contribution >= 4 is 40.6 Å². The summed E-state index contributed by atoms with van der Waals surface area (Å²) < 4.78 is 5.77. The summed E-state index contributed by atoms with van der Waals surface area (Å²) in [5, 5.41) is 11.2. The third-order valence-corrected chi connectivity index (χ3v) is 5.76. The largest absolute Gasteiger partial charge is 0.486 e. The van der Waals surface area contributed by atoms with Crippen LogP contribution in [0.3, 0.4) is 0 Å². The number of carbonyl (C=O) groups is 2. The molecule has 0 fully saturated rings. The number of nitrogens with one attached hydrogen (secondary N) is 3. The van der Waals surface area contributed by atoms with Crippen molar-refractivity contribution in [3.8, 4) is 5.75 Å². The molecule has 0 atom stereocenters. The Balaban J connectivity index is 1.33. The first-order valence-corrected chi connectivity index (χ1v) is 11.9. The van der Waals surface area contributed by atoms with E-state index in [9.17, 15) is 9.59 Å². The molecule has 0 saturated heterocycles. The van der Waals surface area contributed by atoms with E-state index >= 15 is 0 Å². The van der Waals surface area contributed by atoms with Gasteiger partial charge in [0.25, 0.3) is 5.91 Å². The highest BCUT2D eigenvalue weighted by atomic mass is 35.5. The van der Waals surface area contributed by atoms with Crippen molar-refractivity contribution in [2.45, 2.75) is 32.8 Å². The Bertz CT molecular complexity index is 1070. The third kappa shape index (κ3) is 8.07. The second-order valence-corrected chi connectivity index (χ2v) is 9.02. The number of urea groups is 1. The van der Waals surface area contributed by atoms with E-state index in [4.69, 9.17) is 16.3 Å². The van der Waals surface area contributed by atoms with Crippen LogP contribution in [0, 0.1) is 0 Å². The molecule has 1 heterocycles. The maximum Gasteiger partial charge on any atom is 0.319 e. The minimum Gasteiger partial charge on any atom is -0.486 e. The fourth-order valence-corrected chi connectivity index (χ4v) is 3.78. The molecule has 33 heavy (non-hydrogen) atoms. The standard InChI is InChI=1S/C24H27ClN4O3S/c1-16(2)17-7-9-20(10-8-17)32-14-22-29-21(15-33-22)23(30)26-11-4-12-27-24(31)28-19-6-3-5-18(25)13-19/h3,5-10,13,15-16H,4,11-12,14H2,1-2H3,(H,26,30)(H2,27,28,31). The normalized spacial score (nSPS) is 10.7. The van der Waals surface area contributed by atoms with Gasteiger partial charge < -0.3 is 20.7 Å². The molecule has 0 unspecified atom stereocenters. The van der Waals surface area contributed by atoms with Gasteiger partial charge in [-0.2, -0.15) is 0 Å². The molecule has 0 aliphatic rings. The van der Waals surface area contributed by atoms with Gasteiger partial charge in [0.15, 0.2) is 0 Å². The average Bonchev–Trinajstić information content (AvgIpc) is 3.27. The van der Waals surface area contributed by atoms with Gasteiger partial charge in [-0.05, 0) is 48.2 Å². The molecule has 9 heteroatoms. The van der Waals surface area contributed by atoms with Gasteiger partial charge in [0.2, 0.25) is 0 Å². The molecule has 3 N–H and O–H groups in total. The number of nitrogens with zero attached hydrogens (tertiary/aromatic N) is 1. The minimum absolute atomic E-state index is 0.248. The fourth-order valence-electron chi connectivity index (χ4n) is 2.90. The van der Waals surface area contributed by atoms with Crippen LogP contribution in [0.15, 0.2) is 53.9 Å². The van der Waals surface area contributed by atoms with Crippen LogP contribution < -0.4 is 20.7 Å². The zero-order valence-corrected chi connectivity index (χ0v) is 20.1. The first-order valence-electron chi connectivity index (χ1n) is 10.7. The van der Waals surface area contributed by atoms with Gasteiger partial charge in [-0.15, -0.1) is 11.3 Å². The number of ether oxygens (including phenoxy) is 1. The summed E-state index contributed by atoms with van der Waals surface area (Å²) in [6.45, 7) is 5.44. The molecule has 0 saturated carbocycles. The molecule has 2 aromatic carbocycles. The van der Waals surface area contributed by atoms with Crippen LogP contribution in [-0.2, 0) is 6.61 Å². The number of benzene rings is 2. The Kier molecular flexibility index (Phi) is 9.09. The van der Waals surface area contributed by atoms with Crippen molar-refractivity contribution < 1.29 is 14.3 Å². The molecule has 0 aliphatic heterocycles. The second-order valence-electron chi connectivity index (χ2n) is 7.64. The number of halogens is 1. The van der Waals surface area contributed by atoms with Crippen LogP contribution in [-0.4, -0.2) is 30.0 Å². The van der Waals surface area contributed by atoms with Crippen LogP contribution in [0.2, 0.25) is 5.02 Å². The molecular weight excluding hydrogens is 460 g/mol. The van der Waals surface area contributed by atoms with E-state index in [2.05, 4.69) is 46.9 Å². The highest BCUT2D eigenvalue weighted by Gasteiger charge is 2.11. The fraction of sp³-hybridized carbons (Fsp3) is 0.292. The molecule has 0 radical (unpaired) electrons. The van der Waals surface area contributed by atoms with Gasteiger partial charge in [0.1, 0.15) is 23.1 Å². The summed E-state index contributed by atoms with van der Waals surface area (Å²) in [4.78, 5) is 28.5. The van der Waals surface area contributed by atoms with E-state index in [0.717, 1.165) is 10.8 Å². The molecule has 3 amide bonds. The van der Waals surface area contributed by atoms with Gasteiger partial charge >= 0.3 is 6.03 Å². The highest BCUT2D eigenvalue weighted by Crippen LogP contribution is 2.20. The van der Waals surface area contributed by atoms with Crippen molar-refractivity contribution in [3.63, 3.8) is 0 Å². The van der Waals surface area contributed by atoms with Crippen LogP contribution >= 0.6 is 22.9 Å². The van der Waals surface area contributed by atoms with Gasteiger partial charge in [-0.1, -0.05) is 43.6 Å². The lowest BCUT2D eigenvalue weighted by Gasteiger charge is -2.08. The maximum absolute atomic E-state index is 12.3. The number of hydrogen-bond acceptors (Lipinski definition) is 5. The molecule has 0 spiro atoms. The van der Waals surface area contributed by atoms with Crippen LogP contribution in [0.25, 0.3) is 0 Å². The first kappa shape index (κ1) is 24.5. The lowest BCUT2D eigenvalue weighted by molar-refractivity contribution is 0.0948. The van der Waals surface area contributed by atoms with Crippen LogP contribution in [0.5, 0.6) is 5.75 Å². The predicted molar refractivity (Wildman–Crippen MR) is 132 cm³/mol. The number of thiazole rings is 1. The lowest BCUT2D eigenvalue weighted by Crippen LogP contribution is -2.32. The predicted octanol–water partition coefficient (Wildman–Crippen LogP) is 5.44. The molecule has 0 bridgehead atoms. The average molecular weight is 487 g/mol. The molecule has 3 rings (SSSR count). The highest BCUT2D eigenvalue weighted by molar-refractivity contribution is 7.09. The summed E-state index contributed by atoms with van der Waals surface area (Å²) in [6, 6.07) is 14.6. The zero-order valence-electron chi connectivity index (χ0n) is 18.6. The Hall–Kier alpha value is -3.10. The Labute approximate surface area is 202 Å². The molecule has 1 aromatic heterocycles. The Morgan fingerprint density at radius 3 is 2.58 bits per heavy atom. The second kappa shape index (κ2) is 12.2. The summed E-state index contributed by atoms with van der Waals surface area (Å²) in [6.07, 6.45) is 0.585. The summed E-state index contributed by atoms with van der Waals surface area (Å²) in [7, 11) is 0. The van der Waals surface area contributed by atoms with Crippen molar-refractivity contribution in [1.82, 2.24) is 15.6 Å². The number of rotatable bonds is 10. The number of anilines is 1. The van der Waals surface area contributed by atoms with Gasteiger partial charge in [-0.25, -0.2) is 9.78 Å². The zero-order chi connectivity index (χ0) is 23.6. The summed E-state index contributed by atoms with van der Waals surface area (Å²) in [5.41, 5.74) is 2.23. The third-order valence-electron chi connectivity index (χ3n) is 4.70. The lowest BCUT2D eigenvalue weighted by atomic mass is 10.0. The Morgan fingerprint density at radius 1 is 1.09 bits per heavy atom. The van der Waals surface area contributed by atoms with Crippen molar-refractivity contribution in [1.29, 1.82) is 0 Å². The smallest absolute Gasteiger partial charge is 0.319 e. The summed E-state index contributed by atoms with van der Waals surface area (Å²) in [5.74, 6) is 0.996. The molecule has 0 aliphatic carbocycles.